The lowest BCUT2D eigenvalue weighted by Crippen LogP contribution is -2.30. The molecule has 1 aromatic carbocycles. The first kappa shape index (κ1) is 22.9. The lowest BCUT2D eigenvalue weighted by molar-refractivity contribution is -0.120. The van der Waals surface area contributed by atoms with Gasteiger partial charge in [-0.3, -0.25) is 4.79 Å². The third-order valence-electron chi connectivity index (χ3n) is 5.86. The van der Waals surface area contributed by atoms with E-state index < -0.39 is 0 Å². The summed E-state index contributed by atoms with van der Waals surface area (Å²) in [5.41, 5.74) is 1.04. The standard InChI is InChI=1S/C24H30N4O2S2/c1-17(23(29)25-16-18-10-12-20(30-2)13-11-18)32-24-27-26-22(15-21-9-6-14-31-21)28(24)19-7-4-3-5-8-19/h6,9-14,17,19H,3-5,7-8,15-16H2,1-2H3,(H,25,29). The SMILES string of the molecule is COc1ccc(CNC(=O)C(C)Sc2nnc(Cc3cccs3)n2C2CCCCC2)cc1. The molecule has 32 heavy (non-hydrogen) atoms. The van der Waals surface area contributed by atoms with Crippen LogP contribution in [0.3, 0.4) is 0 Å². The zero-order chi connectivity index (χ0) is 22.3. The summed E-state index contributed by atoms with van der Waals surface area (Å²) in [6.45, 7) is 2.43. The van der Waals surface area contributed by atoms with Gasteiger partial charge < -0.3 is 14.6 Å². The summed E-state index contributed by atoms with van der Waals surface area (Å²) in [7, 11) is 1.65. The van der Waals surface area contributed by atoms with Gasteiger partial charge in [0.05, 0.1) is 12.4 Å². The molecule has 1 N–H and O–H groups in total. The second-order valence-corrected chi connectivity index (χ2v) is 10.5. The summed E-state index contributed by atoms with van der Waals surface area (Å²) in [6.07, 6.45) is 6.88. The Morgan fingerprint density at radius 3 is 2.69 bits per heavy atom. The second kappa shape index (κ2) is 11.0. The molecule has 1 atom stereocenters. The maximum absolute atomic E-state index is 12.8. The third kappa shape index (κ3) is 5.72. The number of hydrogen-bond donors (Lipinski definition) is 1. The molecule has 0 spiro atoms. The number of thiophene rings is 1. The molecule has 4 rings (SSSR count). The quantitative estimate of drug-likeness (QED) is 0.433. The number of ether oxygens (including phenoxy) is 1. The minimum absolute atomic E-state index is 0.00354. The Bertz CT molecular complexity index is 996. The molecule has 1 aliphatic carbocycles. The summed E-state index contributed by atoms with van der Waals surface area (Å²) in [4.78, 5) is 14.1. The fraction of sp³-hybridized carbons (Fsp3) is 0.458. The van der Waals surface area contributed by atoms with E-state index in [2.05, 4.69) is 37.6 Å². The van der Waals surface area contributed by atoms with Gasteiger partial charge in [0.25, 0.3) is 0 Å². The predicted octanol–water partition coefficient (Wildman–Crippen LogP) is 5.24. The van der Waals surface area contributed by atoms with Gasteiger partial charge in [0, 0.05) is 23.9 Å². The van der Waals surface area contributed by atoms with Gasteiger partial charge in [-0.25, -0.2) is 0 Å². The number of benzene rings is 1. The van der Waals surface area contributed by atoms with E-state index in [0.29, 0.717) is 12.6 Å². The fourth-order valence-electron chi connectivity index (χ4n) is 4.07. The molecule has 1 amide bonds. The van der Waals surface area contributed by atoms with Gasteiger partial charge in [-0.05, 0) is 48.9 Å². The molecule has 1 saturated carbocycles. The lowest BCUT2D eigenvalue weighted by Gasteiger charge is -2.26. The molecule has 170 valence electrons. The number of methoxy groups -OCH3 is 1. The van der Waals surface area contributed by atoms with E-state index in [9.17, 15) is 4.79 Å². The average molecular weight is 471 g/mol. The van der Waals surface area contributed by atoms with Crippen LogP contribution in [0.2, 0.25) is 0 Å². The van der Waals surface area contributed by atoms with Crippen LogP contribution in [-0.4, -0.2) is 33.0 Å². The van der Waals surface area contributed by atoms with Crippen molar-refractivity contribution < 1.29 is 9.53 Å². The molecule has 1 aliphatic rings. The fourth-order valence-corrected chi connectivity index (χ4v) is 5.74. The van der Waals surface area contributed by atoms with E-state index in [1.807, 2.05) is 31.2 Å². The Morgan fingerprint density at radius 1 is 1.22 bits per heavy atom. The summed E-state index contributed by atoms with van der Waals surface area (Å²) in [5.74, 6) is 1.82. The van der Waals surface area contributed by atoms with Crippen LogP contribution in [-0.2, 0) is 17.8 Å². The van der Waals surface area contributed by atoms with Gasteiger partial charge in [-0.1, -0.05) is 49.2 Å². The van der Waals surface area contributed by atoms with Crippen molar-refractivity contribution in [1.82, 2.24) is 20.1 Å². The molecule has 8 heteroatoms. The maximum Gasteiger partial charge on any atom is 0.233 e. The highest BCUT2D eigenvalue weighted by Crippen LogP contribution is 2.34. The normalized spacial score (nSPS) is 15.4. The Morgan fingerprint density at radius 2 is 2.00 bits per heavy atom. The maximum atomic E-state index is 12.8. The second-order valence-electron chi connectivity index (χ2n) is 8.14. The Balaban J connectivity index is 1.43. The molecule has 2 aromatic heterocycles. The van der Waals surface area contributed by atoms with Crippen molar-refractivity contribution >= 4 is 29.0 Å². The summed E-state index contributed by atoms with van der Waals surface area (Å²) in [5, 5.41) is 14.8. The monoisotopic (exact) mass is 470 g/mol. The smallest absolute Gasteiger partial charge is 0.233 e. The van der Waals surface area contributed by atoms with Crippen LogP contribution >= 0.6 is 23.1 Å². The first-order chi connectivity index (χ1) is 15.6. The lowest BCUT2D eigenvalue weighted by atomic mass is 9.95. The van der Waals surface area contributed by atoms with Crippen LogP contribution in [0.5, 0.6) is 5.75 Å². The van der Waals surface area contributed by atoms with E-state index in [-0.39, 0.29) is 11.2 Å². The Kier molecular flexibility index (Phi) is 7.86. The van der Waals surface area contributed by atoms with E-state index in [4.69, 9.17) is 4.74 Å². The molecule has 6 nitrogen and oxygen atoms in total. The van der Waals surface area contributed by atoms with Crippen molar-refractivity contribution in [2.45, 2.75) is 68.4 Å². The van der Waals surface area contributed by atoms with E-state index in [1.165, 1.54) is 35.9 Å². The molecule has 0 saturated heterocycles. The zero-order valence-corrected chi connectivity index (χ0v) is 20.3. The van der Waals surface area contributed by atoms with E-state index >= 15 is 0 Å². The molecule has 0 aliphatic heterocycles. The number of carbonyl (C=O) groups excluding carboxylic acids is 1. The highest BCUT2D eigenvalue weighted by molar-refractivity contribution is 8.00. The Labute approximate surface area is 197 Å². The highest BCUT2D eigenvalue weighted by atomic mass is 32.2. The van der Waals surface area contributed by atoms with Crippen molar-refractivity contribution in [2.75, 3.05) is 7.11 Å². The van der Waals surface area contributed by atoms with Crippen LogP contribution in [0.4, 0.5) is 0 Å². The first-order valence-electron chi connectivity index (χ1n) is 11.2. The van der Waals surface area contributed by atoms with Crippen LogP contribution in [0.15, 0.2) is 46.9 Å². The van der Waals surface area contributed by atoms with Gasteiger partial charge >= 0.3 is 0 Å². The molecule has 1 fully saturated rings. The number of nitrogens with one attached hydrogen (secondary N) is 1. The van der Waals surface area contributed by atoms with Gasteiger partial charge in [0.2, 0.25) is 5.91 Å². The molecule has 2 heterocycles. The average Bonchev–Trinajstić information content (AvgIpc) is 3.48. The van der Waals surface area contributed by atoms with Crippen molar-refractivity contribution in [2.24, 2.45) is 0 Å². The largest absolute Gasteiger partial charge is 0.497 e. The third-order valence-corrected chi connectivity index (χ3v) is 7.80. The van der Waals surface area contributed by atoms with Crippen LogP contribution in [0, 0.1) is 0 Å². The molecule has 3 aromatic rings. The summed E-state index contributed by atoms with van der Waals surface area (Å²) < 4.78 is 7.51. The zero-order valence-electron chi connectivity index (χ0n) is 18.6. The topological polar surface area (TPSA) is 69.0 Å². The van der Waals surface area contributed by atoms with Crippen molar-refractivity contribution in [3.8, 4) is 5.75 Å². The number of carbonyl (C=O) groups is 1. The van der Waals surface area contributed by atoms with Crippen molar-refractivity contribution in [3.05, 3.63) is 58.0 Å². The number of thioether (sulfide) groups is 1. The Hall–Kier alpha value is -2.32. The number of amides is 1. The van der Waals surface area contributed by atoms with Crippen molar-refractivity contribution in [1.29, 1.82) is 0 Å². The van der Waals surface area contributed by atoms with Crippen LogP contribution in [0.1, 0.15) is 61.3 Å². The minimum atomic E-state index is -0.255. The van der Waals surface area contributed by atoms with Gasteiger partial charge in [0.15, 0.2) is 5.16 Å². The summed E-state index contributed by atoms with van der Waals surface area (Å²) >= 11 is 3.26. The molecule has 0 bridgehead atoms. The first-order valence-corrected chi connectivity index (χ1v) is 12.9. The van der Waals surface area contributed by atoms with Gasteiger partial charge in [-0.15, -0.1) is 21.5 Å². The van der Waals surface area contributed by atoms with Gasteiger partial charge in [-0.2, -0.15) is 0 Å². The molecule has 0 radical (unpaired) electrons. The summed E-state index contributed by atoms with van der Waals surface area (Å²) in [6, 6.07) is 12.4. The number of rotatable bonds is 9. The molecular formula is C24H30N4O2S2. The van der Waals surface area contributed by atoms with Crippen LogP contribution in [0.25, 0.3) is 0 Å². The van der Waals surface area contributed by atoms with E-state index in [0.717, 1.165) is 41.6 Å². The van der Waals surface area contributed by atoms with Gasteiger partial charge in [0.1, 0.15) is 11.6 Å². The predicted molar refractivity (Wildman–Crippen MR) is 129 cm³/mol. The molecular weight excluding hydrogens is 440 g/mol. The minimum Gasteiger partial charge on any atom is -0.497 e. The van der Waals surface area contributed by atoms with Crippen molar-refractivity contribution in [3.63, 3.8) is 0 Å². The number of nitrogens with zero attached hydrogens (tertiary/aromatic N) is 3. The number of aromatic nitrogens is 3. The van der Waals surface area contributed by atoms with Crippen LogP contribution < -0.4 is 10.1 Å². The molecule has 1 unspecified atom stereocenters. The van der Waals surface area contributed by atoms with E-state index in [1.54, 1.807) is 18.4 Å². The number of hydrogen-bond acceptors (Lipinski definition) is 6. The highest BCUT2D eigenvalue weighted by Gasteiger charge is 2.26.